The number of hydrogen-bond acceptors (Lipinski definition) is 1. The first kappa shape index (κ1) is 7.21. The quantitative estimate of drug-likeness (QED) is 0.545. The van der Waals surface area contributed by atoms with Crippen LogP contribution in [0.3, 0.4) is 0 Å². The van der Waals surface area contributed by atoms with Gasteiger partial charge in [0.2, 0.25) is 0 Å². The first-order valence-electron chi connectivity index (χ1n) is 2.49. The molecule has 0 unspecified atom stereocenters. The maximum Gasteiger partial charge on any atom is 0.138 e. The third-order valence-corrected chi connectivity index (χ3v) is 0.737. The second-order valence-corrected chi connectivity index (χ2v) is 1.47. The fraction of sp³-hybridized carbons (Fsp3) is 0.333. The lowest BCUT2D eigenvalue weighted by molar-refractivity contribution is 0.651. The van der Waals surface area contributed by atoms with Crippen LogP contribution in [-0.4, -0.2) is 0 Å². The Labute approximate surface area is 48.7 Å². The average molecular weight is 115 g/mol. The number of halogens is 1. The number of allylic oxidation sites excluding steroid dienone is 2. The van der Waals surface area contributed by atoms with Crippen molar-refractivity contribution in [2.24, 2.45) is 5.73 Å². The van der Waals surface area contributed by atoms with Gasteiger partial charge in [-0.25, -0.2) is 4.39 Å². The molecule has 0 saturated carbocycles. The van der Waals surface area contributed by atoms with Gasteiger partial charge in [-0.05, 0) is 6.42 Å². The van der Waals surface area contributed by atoms with Gasteiger partial charge in [-0.1, -0.05) is 19.6 Å². The molecule has 0 heterocycles. The third-order valence-electron chi connectivity index (χ3n) is 0.737. The van der Waals surface area contributed by atoms with Gasteiger partial charge in [-0.3, -0.25) is 0 Å². The summed E-state index contributed by atoms with van der Waals surface area (Å²) in [6.07, 6.45) is 2.33. The Morgan fingerprint density at radius 1 is 1.88 bits per heavy atom. The van der Waals surface area contributed by atoms with Gasteiger partial charge in [-0.15, -0.1) is 0 Å². The van der Waals surface area contributed by atoms with E-state index in [2.05, 4.69) is 6.58 Å². The molecule has 0 atom stereocenters. The minimum absolute atomic E-state index is 0.146. The molecule has 0 saturated heterocycles. The first-order chi connectivity index (χ1) is 3.68. The zero-order chi connectivity index (χ0) is 6.57. The average Bonchev–Trinajstić information content (AvgIpc) is 1.67. The summed E-state index contributed by atoms with van der Waals surface area (Å²) in [7, 11) is 0. The van der Waals surface area contributed by atoms with E-state index in [0.717, 1.165) is 6.42 Å². The normalized spacial score (nSPS) is 11.5. The standard InChI is InChI=1S/C6H10FN/c1-3-4-6(8)5(2)7/h4H,2-3,8H2,1H3/b6-4+. The van der Waals surface area contributed by atoms with Gasteiger partial charge in [0.1, 0.15) is 5.83 Å². The van der Waals surface area contributed by atoms with E-state index in [1.165, 1.54) is 0 Å². The summed E-state index contributed by atoms with van der Waals surface area (Å²) in [5.41, 5.74) is 5.26. The summed E-state index contributed by atoms with van der Waals surface area (Å²) in [5, 5.41) is 0. The minimum atomic E-state index is -0.549. The van der Waals surface area contributed by atoms with Crippen LogP contribution in [0.2, 0.25) is 0 Å². The van der Waals surface area contributed by atoms with Crippen molar-refractivity contribution in [2.45, 2.75) is 13.3 Å². The van der Waals surface area contributed by atoms with Crippen LogP contribution in [0.5, 0.6) is 0 Å². The molecule has 1 nitrogen and oxygen atoms in total. The Hall–Kier alpha value is -0.790. The van der Waals surface area contributed by atoms with Gasteiger partial charge in [0.25, 0.3) is 0 Å². The van der Waals surface area contributed by atoms with Crippen molar-refractivity contribution in [3.8, 4) is 0 Å². The van der Waals surface area contributed by atoms with Crippen LogP contribution in [0.25, 0.3) is 0 Å². The summed E-state index contributed by atoms with van der Waals surface area (Å²) in [6.45, 7) is 4.90. The van der Waals surface area contributed by atoms with E-state index in [-0.39, 0.29) is 5.70 Å². The summed E-state index contributed by atoms with van der Waals surface area (Å²) in [5.74, 6) is -0.549. The Bertz CT molecular complexity index is 116. The van der Waals surface area contributed by atoms with E-state index in [1.54, 1.807) is 6.08 Å². The molecule has 0 aromatic rings. The predicted molar refractivity (Wildman–Crippen MR) is 32.8 cm³/mol. The second kappa shape index (κ2) is 3.24. The Kier molecular flexibility index (Phi) is 2.92. The van der Waals surface area contributed by atoms with Crippen LogP contribution in [-0.2, 0) is 0 Å². The van der Waals surface area contributed by atoms with Gasteiger partial charge in [0, 0.05) is 0 Å². The van der Waals surface area contributed by atoms with Gasteiger partial charge in [-0.2, -0.15) is 0 Å². The molecule has 0 aliphatic rings. The van der Waals surface area contributed by atoms with E-state index < -0.39 is 5.83 Å². The number of rotatable bonds is 2. The molecule has 0 aliphatic heterocycles. The lowest BCUT2D eigenvalue weighted by atomic mass is 10.3. The van der Waals surface area contributed by atoms with Crippen LogP contribution in [0, 0.1) is 0 Å². The van der Waals surface area contributed by atoms with Crippen LogP contribution < -0.4 is 5.73 Å². The second-order valence-electron chi connectivity index (χ2n) is 1.47. The van der Waals surface area contributed by atoms with E-state index in [1.807, 2.05) is 6.92 Å². The molecule has 0 fully saturated rings. The lowest BCUT2D eigenvalue weighted by Crippen LogP contribution is -1.95. The number of nitrogens with two attached hydrogens (primary N) is 1. The molecule has 2 heteroatoms. The van der Waals surface area contributed by atoms with Crippen LogP contribution in [0.4, 0.5) is 4.39 Å². The molecule has 0 aromatic carbocycles. The predicted octanol–water partition coefficient (Wildman–Crippen LogP) is 1.72. The SMILES string of the molecule is C=C(F)/C(N)=C\CC. The maximum absolute atomic E-state index is 11.9. The van der Waals surface area contributed by atoms with Gasteiger partial charge >= 0.3 is 0 Å². The van der Waals surface area contributed by atoms with Gasteiger partial charge in [0.15, 0.2) is 0 Å². The van der Waals surface area contributed by atoms with Crippen molar-refractivity contribution >= 4 is 0 Å². The van der Waals surface area contributed by atoms with Crippen molar-refractivity contribution in [1.82, 2.24) is 0 Å². The monoisotopic (exact) mass is 115 g/mol. The molecule has 0 radical (unpaired) electrons. The zero-order valence-corrected chi connectivity index (χ0v) is 4.95. The maximum atomic E-state index is 11.9. The fourth-order valence-electron chi connectivity index (χ4n) is 0.331. The Morgan fingerprint density at radius 2 is 2.38 bits per heavy atom. The molecule has 0 aromatic heterocycles. The highest BCUT2D eigenvalue weighted by molar-refractivity contribution is 5.17. The highest BCUT2D eigenvalue weighted by atomic mass is 19.1. The lowest BCUT2D eigenvalue weighted by Gasteiger charge is -1.90. The van der Waals surface area contributed by atoms with Crippen molar-refractivity contribution in [1.29, 1.82) is 0 Å². The van der Waals surface area contributed by atoms with Crippen molar-refractivity contribution in [3.63, 3.8) is 0 Å². The van der Waals surface area contributed by atoms with Crippen LogP contribution in [0.1, 0.15) is 13.3 Å². The molecule has 0 amide bonds. The van der Waals surface area contributed by atoms with Gasteiger partial charge < -0.3 is 5.73 Å². The molecule has 0 bridgehead atoms. The van der Waals surface area contributed by atoms with Crippen molar-refractivity contribution < 1.29 is 4.39 Å². The van der Waals surface area contributed by atoms with E-state index in [4.69, 9.17) is 5.73 Å². The third kappa shape index (κ3) is 2.39. The van der Waals surface area contributed by atoms with Crippen LogP contribution >= 0.6 is 0 Å². The summed E-state index contributed by atoms with van der Waals surface area (Å²) in [4.78, 5) is 0. The molecule has 2 N–H and O–H groups in total. The number of hydrogen-bond donors (Lipinski definition) is 1. The van der Waals surface area contributed by atoms with E-state index in [9.17, 15) is 4.39 Å². The minimum Gasteiger partial charge on any atom is -0.397 e. The molecular formula is C6H10FN. The largest absolute Gasteiger partial charge is 0.397 e. The fourth-order valence-corrected chi connectivity index (χ4v) is 0.331. The molecule has 0 spiro atoms. The van der Waals surface area contributed by atoms with E-state index in [0.29, 0.717) is 0 Å². The van der Waals surface area contributed by atoms with E-state index >= 15 is 0 Å². The van der Waals surface area contributed by atoms with Gasteiger partial charge in [0.05, 0.1) is 5.70 Å². The molecule has 46 valence electrons. The molecule has 8 heavy (non-hydrogen) atoms. The molecule has 0 rings (SSSR count). The Balaban J connectivity index is 3.80. The van der Waals surface area contributed by atoms with Crippen LogP contribution in [0.15, 0.2) is 24.2 Å². The highest BCUT2D eigenvalue weighted by Crippen LogP contribution is 2.01. The Morgan fingerprint density at radius 3 is 2.50 bits per heavy atom. The summed E-state index contributed by atoms with van der Waals surface area (Å²) in [6, 6.07) is 0. The topological polar surface area (TPSA) is 26.0 Å². The van der Waals surface area contributed by atoms with Crippen molar-refractivity contribution in [3.05, 3.63) is 24.2 Å². The zero-order valence-electron chi connectivity index (χ0n) is 4.95. The van der Waals surface area contributed by atoms with Crippen molar-refractivity contribution in [2.75, 3.05) is 0 Å². The first-order valence-corrected chi connectivity index (χ1v) is 2.49. The summed E-state index contributed by atoms with van der Waals surface area (Å²) >= 11 is 0. The smallest absolute Gasteiger partial charge is 0.138 e. The highest BCUT2D eigenvalue weighted by Gasteiger charge is 1.89. The molecular weight excluding hydrogens is 105 g/mol. The summed E-state index contributed by atoms with van der Waals surface area (Å²) < 4.78 is 11.9. The molecule has 0 aliphatic carbocycles.